The summed E-state index contributed by atoms with van der Waals surface area (Å²) in [5.41, 5.74) is 2.17. The molecule has 1 fully saturated rings. The molecule has 2 unspecified atom stereocenters. The maximum Gasteiger partial charge on any atom is 0.251 e. The molecule has 0 aromatic heterocycles. The number of nitrogens with two attached hydrogens (primary N) is 1. The van der Waals surface area contributed by atoms with Gasteiger partial charge in [0.05, 0.1) is 19.3 Å². The van der Waals surface area contributed by atoms with Gasteiger partial charge in [0.25, 0.3) is 5.91 Å². The Kier molecular flexibility index (Phi) is 5.52. The van der Waals surface area contributed by atoms with Crippen molar-refractivity contribution in [3.63, 3.8) is 0 Å². The van der Waals surface area contributed by atoms with Gasteiger partial charge in [0.2, 0.25) is 5.91 Å². The van der Waals surface area contributed by atoms with Gasteiger partial charge in [-0.1, -0.05) is 13.8 Å². The highest BCUT2D eigenvalue weighted by Gasteiger charge is 2.38. The second kappa shape index (κ2) is 6.67. The summed E-state index contributed by atoms with van der Waals surface area (Å²) in [4.78, 5) is 25.5. The first kappa shape index (κ1) is 14.9. The Balaban J connectivity index is 2.91. The van der Waals surface area contributed by atoms with Crippen molar-refractivity contribution in [2.24, 2.45) is 11.8 Å². The smallest absolute Gasteiger partial charge is 0.251 e. The number of hydrazine groups is 1. The number of amides is 2. The van der Waals surface area contributed by atoms with E-state index in [4.69, 9.17) is 10.6 Å². The molecule has 0 spiro atoms. The fourth-order valence-corrected chi connectivity index (χ4v) is 2.26. The van der Waals surface area contributed by atoms with Crippen LogP contribution in [0.5, 0.6) is 0 Å². The minimum Gasteiger partial charge on any atom is -0.378 e. The lowest BCUT2D eigenvalue weighted by atomic mass is 9.99. The number of morpholine rings is 1. The van der Waals surface area contributed by atoms with Gasteiger partial charge in [-0.15, -0.1) is 0 Å². The van der Waals surface area contributed by atoms with Crippen LogP contribution in [0.15, 0.2) is 0 Å². The predicted molar refractivity (Wildman–Crippen MR) is 66.3 cm³/mol. The molecule has 7 heteroatoms. The van der Waals surface area contributed by atoms with Crippen molar-refractivity contribution in [3.05, 3.63) is 0 Å². The summed E-state index contributed by atoms with van der Waals surface area (Å²) < 4.78 is 5.31. The van der Waals surface area contributed by atoms with Crippen LogP contribution in [0.3, 0.4) is 0 Å². The molecular formula is C11H22N4O3. The molecule has 0 aromatic carbocycles. The van der Waals surface area contributed by atoms with Crippen molar-refractivity contribution < 1.29 is 14.3 Å². The van der Waals surface area contributed by atoms with Gasteiger partial charge in [0.1, 0.15) is 6.04 Å². The molecule has 1 saturated heterocycles. The molecule has 2 atom stereocenters. The van der Waals surface area contributed by atoms with E-state index in [1.54, 1.807) is 7.05 Å². The Labute approximate surface area is 107 Å². The van der Waals surface area contributed by atoms with Crippen LogP contribution in [-0.2, 0) is 14.3 Å². The average molecular weight is 258 g/mol. The quantitative estimate of drug-likeness (QED) is 0.322. The number of nitrogens with one attached hydrogen (secondary N) is 2. The van der Waals surface area contributed by atoms with Crippen molar-refractivity contribution in [2.45, 2.75) is 25.9 Å². The van der Waals surface area contributed by atoms with Crippen LogP contribution in [0, 0.1) is 5.92 Å². The standard InChI is InChI=1S/C11H22N4O3/c1-7(2)9(11(17)14-12)15-4-5-18-6-8(15)10(16)13-3/h7-9H,4-6,12H2,1-3H3,(H,13,16)(H,14,17). The Morgan fingerprint density at radius 2 is 2.11 bits per heavy atom. The molecule has 0 saturated carbocycles. The molecule has 0 bridgehead atoms. The monoisotopic (exact) mass is 258 g/mol. The van der Waals surface area contributed by atoms with Gasteiger partial charge in [-0.2, -0.15) is 0 Å². The first-order chi connectivity index (χ1) is 8.52. The lowest BCUT2D eigenvalue weighted by Crippen LogP contribution is -2.62. The summed E-state index contributed by atoms with van der Waals surface area (Å²) in [6, 6.07) is -0.880. The molecule has 0 radical (unpaired) electrons. The number of hydrogen-bond donors (Lipinski definition) is 3. The normalized spacial score (nSPS) is 22.6. The third-order valence-corrected chi connectivity index (χ3v) is 3.12. The fraction of sp³-hybridized carbons (Fsp3) is 0.818. The van der Waals surface area contributed by atoms with E-state index in [-0.39, 0.29) is 17.7 Å². The molecular weight excluding hydrogens is 236 g/mol. The summed E-state index contributed by atoms with van der Waals surface area (Å²) in [5, 5.41) is 2.59. The highest BCUT2D eigenvalue weighted by molar-refractivity contribution is 5.85. The Morgan fingerprint density at radius 3 is 2.61 bits per heavy atom. The highest BCUT2D eigenvalue weighted by atomic mass is 16.5. The van der Waals surface area contributed by atoms with Gasteiger partial charge in [-0.25, -0.2) is 5.84 Å². The van der Waals surface area contributed by atoms with E-state index < -0.39 is 12.1 Å². The van der Waals surface area contributed by atoms with Crippen molar-refractivity contribution in [1.82, 2.24) is 15.6 Å². The van der Waals surface area contributed by atoms with Gasteiger partial charge in [-0.05, 0) is 5.92 Å². The Morgan fingerprint density at radius 1 is 1.44 bits per heavy atom. The predicted octanol–water partition coefficient (Wildman–Crippen LogP) is -1.55. The van der Waals surface area contributed by atoms with Crippen LogP contribution in [0.2, 0.25) is 0 Å². The molecule has 7 nitrogen and oxygen atoms in total. The molecule has 4 N–H and O–H groups in total. The molecule has 18 heavy (non-hydrogen) atoms. The summed E-state index contributed by atoms with van der Waals surface area (Å²) in [6.07, 6.45) is 0. The molecule has 2 amide bonds. The molecule has 0 aromatic rings. The van der Waals surface area contributed by atoms with Crippen molar-refractivity contribution in [3.8, 4) is 0 Å². The summed E-state index contributed by atoms with van der Waals surface area (Å²) in [6.45, 7) is 5.19. The van der Waals surface area contributed by atoms with E-state index in [2.05, 4.69) is 10.7 Å². The van der Waals surface area contributed by atoms with E-state index in [1.807, 2.05) is 18.7 Å². The number of carbonyl (C=O) groups excluding carboxylic acids is 2. The first-order valence-corrected chi connectivity index (χ1v) is 6.08. The number of likely N-dealkylation sites (N-methyl/N-ethyl adjacent to an activating group) is 1. The minimum atomic E-state index is -0.451. The maximum absolute atomic E-state index is 11.9. The van der Waals surface area contributed by atoms with Crippen LogP contribution < -0.4 is 16.6 Å². The van der Waals surface area contributed by atoms with Crippen LogP contribution in [-0.4, -0.2) is 55.6 Å². The minimum absolute atomic E-state index is 0.0545. The number of rotatable bonds is 4. The average Bonchev–Trinajstić information content (AvgIpc) is 2.38. The molecule has 1 aliphatic heterocycles. The molecule has 1 rings (SSSR count). The zero-order valence-electron chi connectivity index (χ0n) is 11.1. The van der Waals surface area contributed by atoms with Crippen molar-refractivity contribution in [2.75, 3.05) is 26.8 Å². The summed E-state index contributed by atoms with van der Waals surface area (Å²) in [5.74, 6) is 4.84. The lowest BCUT2D eigenvalue weighted by molar-refractivity contribution is -0.141. The second-order valence-electron chi connectivity index (χ2n) is 4.64. The lowest BCUT2D eigenvalue weighted by Gasteiger charge is -2.40. The van der Waals surface area contributed by atoms with Crippen molar-refractivity contribution in [1.29, 1.82) is 0 Å². The second-order valence-corrected chi connectivity index (χ2v) is 4.64. The summed E-state index contributed by atoms with van der Waals surface area (Å²) in [7, 11) is 1.57. The summed E-state index contributed by atoms with van der Waals surface area (Å²) >= 11 is 0. The van der Waals surface area contributed by atoms with Gasteiger partial charge in [0.15, 0.2) is 0 Å². The van der Waals surface area contributed by atoms with E-state index in [0.29, 0.717) is 19.8 Å². The van der Waals surface area contributed by atoms with Gasteiger partial charge >= 0.3 is 0 Å². The van der Waals surface area contributed by atoms with E-state index in [0.717, 1.165) is 0 Å². The van der Waals surface area contributed by atoms with E-state index >= 15 is 0 Å². The van der Waals surface area contributed by atoms with Crippen LogP contribution in [0.25, 0.3) is 0 Å². The van der Waals surface area contributed by atoms with E-state index in [1.165, 1.54) is 0 Å². The van der Waals surface area contributed by atoms with Gasteiger partial charge in [0, 0.05) is 13.6 Å². The topological polar surface area (TPSA) is 96.7 Å². The highest BCUT2D eigenvalue weighted by Crippen LogP contribution is 2.17. The molecule has 1 aliphatic rings. The van der Waals surface area contributed by atoms with Gasteiger partial charge < -0.3 is 10.1 Å². The largest absolute Gasteiger partial charge is 0.378 e. The molecule has 1 heterocycles. The van der Waals surface area contributed by atoms with Gasteiger partial charge in [-0.3, -0.25) is 19.9 Å². The number of hydrogen-bond acceptors (Lipinski definition) is 5. The zero-order valence-corrected chi connectivity index (χ0v) is 11.1. The third kappa shape index (κ3) is 3.18. The third-order valence-electron chi connectivity index (χ3n) is 3.12. The fourth-order valence-electron chi connectivity index (χ4n) is 2.26. The maximum atomic E-state index is 11.9. The first-order valence-electron chi connectivity index (χ1n) is 6.08. The number of nitrogens with zero attached hydrogens (tertiary/aromatic N) is 1. The van der Waals surface area contributed by atoms with Crippen molar-refractivity contribution >= 4 is 11.8 Å². The van der Waals surface area contributed by atoms with Crippen LogP contribution in [0.4, 0.5) is 0 Å². The number of ether oxygens (including phenoxy) is 1. The Hall–Kier alpha value is -1.18. The molecule has 104 valence electrons. The zero-order chi connectivity index (χ0) is 13.7. The Bertz CT molecular complexity index is 309. The molecule has 0 aliphatic carbocycles. The van der Waals surface area contributed by atoms with Crippen LogP contribution in [0.1, 0.15) is 13.8 Å². The number of carbonyl (C=O) groups is 2. The van der Waals surface area contributed by atoms with Crippen LogP contribution >= 0.6 is 0 Å². The van der Waals surface area contributed by atoms with E-state index in [9.17, 15) is 9.59 Å². The SMILES string of the molecule is CNC(=O)C1COCCN1C(C(=O)NN)C(C)C.